The van der Waals surface area contributed by atoms with Gasteiger partial charge in [-0.05, 0) is 53.8 Å². The van der Waals surface area contributed by atoms with Crippen molar-refractivity contribution in [2.75, 3.05) is 32.3 Å². The topological polar surface area (TPSA) is 97.0 Å². The Morgan fingerprint density at radius 3 is 1.97 bits per heavy atom. The molecule has 0 bridgehead atoms. The lowest BCUT2D eigenvalue weighted by Crippen LogP contribution is -2.45. The van der Waals surface area contributed by atoms with Crippen LogP contribution in [-0.4, -0.2) is 49.8 Å². The molecule has 3 aromatic carbocycles. The summed E-state index contributed by atoms with van der Waals surface area (Å²) in [6.45, 7) is -0.429. The number of thioether (sulfide) groups is 1. The first-order valence-corrected chi connectivity index (χ1v) is 12.0. The van der Waals surface area contributed by atoms with Crippen molar-refractivity contribution < 1.29 is 23.9 Å². The van der Waals surface area contributed by atoms with Crippen LogP contribution in [0.25, 0.3) is 0 Å². The van der Waals surface area contributed by atoms with Crippen molar-refractivity contribution in [3.63, 3.8) is 0 Å². The van der Waals surface area contributed by atoms with Gasteiger partial charge in [-0.2, -0.15) is 0 Å². The maximum Gasteiger partial charge on any atom is 0.326 e. The predicted molar refractivity (Wildman–Crippen MR) is 134 cm³/mol. The second-order valence-electron chi connectivity index (χ2n) is 7.78. The van der Waals surface area contributed by atoms with E-state index in [2.05, 4.69) is 10.6 Å². The average molecular weight is 492 g/mol. The first-order valence-electron chi connectivity index (χ1n) is 10.8. The number of para-hydroxylation sites is 1. The number of methoxy groups -OCH3 is 2. The number of hydrogen-bond donors (Lipinski definition) is 2. The molecule has 8 nitrogen and oxygen atoms in total. The van der Waals surface area contributed by atoms with E-state index in [1.165, 1.54) is 11.8 Å². The molecule has 0 spiro atoms. The fourth-order valence-electron chi connectivity index (χ4n) is 4.04. The standard InChI is InChI=1S/C26H25N3O5S/c1-33-19-12-8-17(9-13-19)26(18-10-14-20(34-2)15-11-18)24(31)29(25(32)28-26)16-23(30)27-21-6-4-5-7-22(21)35-3/h4-15H,16H2,1-3H3,(H,27,30)(H,28,32). The highest BCUT2D eigenvalue weighted by Crippen LogP contribution is 2.37. The second kappa shape index (κ2) is 10.1. The molecule has 9 heteroatoms. The van der Waals surface area contributed by atoms with Gasteiger partial charge in [0.1, 0.15) is 18.0 Å². The maximum atomic E-state index is 13.9. The third kappa shape index (κ3) is 4.54. The first kappa shape index (κ1) is 24.2. The van der Waals surface area contributed by atoms with Crippen LogP contribution in [0.3, 0.4) is 0 Å². The van der Waals surface area contributed by atoms with E-state index in [4.69, 9.17) is 9.47 Å². The summed E-state index contributed by atoms with van der Waals surface area (Å²) in [5, 5.41) is 5.64. The lowest BCUT2D eigenvalue weighted by atomic mass is 9.82. The van der Waals surface area contributed by atoms with Crippen molar-refractivity contribution >= 4 is 35.3 Å². The minimum absolute atomic E-state index is 0.429. The van der Waals surface area contributed by atoms with Crippen molar-refractivity contribution in [2.45, 2.75) is 10.4 Å². The quantitative estimate of drug-likeness (QED) is 0.367. The molecule has 1 aliphatic heterocycles. The third-order valence-electron chi connectivity index (χ3n) is 5.83. The number of benzene rings is 3. The van der Waals surface area contributed by atoms with Crippen molar-refractivity contribution in [3.05, 3.63) is 83.9 Å². The summed E-state index contributed by atoms with van der Waals surface area (Å²) in [6.07, 6.45) is 1.90. The molecule has 0 aliphatic carbocycles. The number of carbonyl (C=O) groups excluding carboxylic acids is 3. The van der Waals surface area contributed by atoms with E-state index in [9.17, 15) is 14.4 Å². The molecule has 3 aromatic rings. The molecular formula is C26H25N3O5S. The molecule has 35 heavy (non-hydrogen) atoms. The van der Waals surface area contributed by atoms with Crippen LogP contribution in [0.2, 0.25) is 0 Å². The molecular weight excluding hydrogens is 466 g/mol. The zero-order chi connectivity index (χ0) is 25.0. The molecule has 0 saturated carbocycles. The van der Waals surface area contributed by atoms with Crippen LogP contribution >= 0.6 is 11.8 Å². The van der Waals surface area contributed by atoms with Gasteiger partial charge in [0.05, 0.1) is 19.9 Å². The van der Waals surface area contributed by atoms with E-state index in [0.717, 1.165) is 9.80 Å². The number of urea groups is 1. The monoisotopic (exact) mass is 491 g/mol. The number of imide groups is 1. The van der Waals surface area contributed by atoms with E-state index in [1.54, 1.807) is 74.9 Å². The van der Waals surface area contributed by atoms with Gasteiger partial charge in [0.15, 0.2) is 5.54 Å². The van der Waals surface area contributed by atoms with E-state index in [-0.39, 0.29) is 0 Å². The van der Waals surface area contributed by atoms with Crippen LogP contribution in [0.1, 0.15) is 11.1 Å². The molecule has 0 atom stereocenters. The minimum Gasteiger partial charge on any atom is -0.497 e. The average Bonchev–Trinajstić information content (AvgIpc) is 3.14. The third-order valence-corrected chi connectivity index (χ3v) is 6.63. The molecule has 0 radical (unpaired) electrons. The van der Waals surface area contributed by atoms with E-state index in [1.807, 2.05) is 18.4 Å². The van der Waals surface area contributed by atoms with Gasteiger partial charge in [0, 0.05) is 4.90 Å². The zero-order valence-corrected chi connectivity index (χ0v) is 20.3. The Kier molecular flexibility index (Phi) is 6.97. The van der Waals surface area contributed by atoms with Crippen LogP contribution < -0.4 is 20.1 Å². The highest BCUT2D eigenvalue weighted by Gasteiger charge is 2.54. The molecule has 0 aromatic heterocycles. The Bertz CT molecular complexity index is 1200. The highest BCUT2D eigenvalue weighted by molar-refractivity contribution is 7.98. The Morgan fingerprint density at radius 1 is 0.914 bits per heavy atom. The molecule has 4 amide bonds. The van der Waals surface area contributed by atoms with Gasteiger partial charge in [-0.25, -0.2) is 4.79 Å². The molecule has 4 rings (SSSR count). The van der Waals surface area contributed by atoms with Gasteiger partial charge >= 0.3 is 6.03 Å². The molecule has 1 heterocycles. The number of ether oxygens (including phenoxy) is 2. The highest BCUT2D eigenvalue weighted by atomic mass is 32.2. The number of nitrogens with one attached hydrogen (secondary N) is 2. The van der Waals surface area contributed by atoms with Crippen LogP contribution in [-0.2, 0) is 15.1 Å². The van der Waals surface area contributed by atoms with Gasteiger partial charge in [0.25, 0.3) is 5.91 Å². The summed E-state index contributed by atoms with van der Waals surface area (Å²) >= 11 is 1.49. The summed E-state index contributed by atoms with van der Waals surface area (Å²) < 4.78 is 10.5. The van der Waals surface area contributed by atoms with Crippen molar-refractivity contribution in [1.82, 2.24) is 10.2 Å². The summed E-state index contributed by atoms with van der Waals surface area (Å²) in [7, 11) is 3.10. The summed E-state index contributed by atoms with van der Waals surface area (Å²) in [6, 6.07) is 20.4. The molecule has 1 aliphatic rings. The fraction of sp³-hybridized carbons (Fsp3) is 0.192. The number of anilines is 1. The number of rotatable bonds is 8. The Labute approximate surface area is 207 Å². The maximum absolute atomic E-state index is 13.9. The van der Waals surface area contributed by atoms with Crippen LogP contribution in [0.4, 0.5) is 10.5 Å². The van der Waals surface area contributed by atoms with E-state index in [0.29, 0.717) is 28.3 Å². The number of amides is 4. The lowest BCUT2D eigenvalue weighted by molar-refractivity contribution is -0.133. The Balaban J connectivity index is 1.68. The number of hydrogen-bond acceptors (Lipinski definition) is 6. The zero-order valence-electron chi connectivity index (χ0n) is 19.5. The van der Waals surface area contributed by atoms with Crippen LogP contribution in [0.5, 0.6) is 11.5 Å². The first-order chi connectivity index (χ1) is 16.9. The van der Waals surface area contributed by atoms with Gasteiger partial charge in [-0.3, -0.25) is 14.5 Å². The SMILES string of the molecule is COc1ccc(C2(c3ccc(OC)cc3)NC(=O)N(CC(=O)Nc3ccccc3SC)C2=O)cc1. The number of nitrogens with zero attached hydrogens (tertiary/aromatic N) is 1. The van der Waals surface area contributed by atoms with Gasteiger partial charge in [-0.1, -0.05) is 36.4 Å². The second-order valence-corrected chi connectivity index (χ2v) is 8.62. The van der Waals surface area contributed by atoms with Gasteiger partial charge < -0.3 is 20.1 Å². The van der Waals surface area contributed by atoms with Crippen molar-refractivity contribution in [1.29, 1.82) is 0 Å². The largest absolute Gasteiger partial charge is 0.497 e. The summed E-state index contributed by atoms with van der Waals surface area (Å²) in [4.78, 5) is 41.6. The Morgan fingerprint density at radius 2 is 1.46 bits per heavy atom. The summed E-state index contributed by atoms with van der Waals surface area (Å²) in [5.74, 6) is 0.194. The molecule has 0 unspecified atom stereocenters. The van der Waals surface area contributed by atoms with Gasteiger partial charge in [0.2, 0.25) is 5.91 Å². The smallest absolute Gasteiger partial charge is 0.326 e. The van der Waals surface area contributed by atoms with Crippen molar-refractivity contribution in [3.8, 4) is 11.5 Å². The molecule has 1 saturated heterocycles. The van der Waals surface area contributed by atoms with E-state index >= 15 is 0 Å². The van der Waals surface area contributed by atoms with Gasteiger partial charge in [-0.15, -0.1) is 11.8 Å². The minimum atomic E-state index is -1.51. The molecule has 180 valence electrons. The Hall–Kier alpha value is -3.98. The van der Waals surface area contributed by atoms with Crippen molar-refractivity contribution in [2.24, 2.45) is 0 Å². The van der Waals surface area contributed by atoms with E-state index < -0.39 is 29.9 Å². The summed E-state index contributed by atoms with van der Waals surface area (Å²) in [5.41, 5.74) is 0.191. The normalized spacial score (nSPS) is 14.4. The fourth-order valence-corrected chi connectivity index (χ4v) is 4.59. The predicted octanol–water partition coefficient (Wildman–Crippen LogP) is 3.86. The number of carbonyl (C=O) groups is 3. The molecule has 1 fully saturated rings. The molecule has 2 N–H and O–H groups in total. The van der Waals surface area contributed by atoms with Crippen LogP contribution in [0.15, 0.2) is 77.7 Å². The lowest BCUT2D eigenvalue weighted by Gasteiger charge is -2.28. The van der Waals surface area contributed by atoms with Crippen LogP contribution in [0, 0.1) is 0 Å².